The van der Waals surface area contributed by atoms with Crippen molar-refractivity contribution in [1.29, 1.82) is 0 Å². The number of Topliss-reactive ketones (excluding diaryl/α,β-unsaturated/α-hetero) is 3. The average molecular weight is 1610 g/mol. The first-order chi connectivity index (χ1) is 51.4. The van der Waals surface area contributed by atoms with Gasteiger partial charge in [-0.05, 0) is 104 Å². The van der Waals surface area contributed by atoms with E-state index in [1.165, 1.54) is 27.9 Å². The lowest BCUT2D eigenvalue weighted by molar-refractivity contribution is -0.157. The highest BCUT2D eigenvalue weighted by molar-refractivity contribution is 5.81. The molecule has 0 heterocycles. The number of carboxylic acid groups (broad SMARTS) is 2. The Morgan fingerprint density at radius 3 is 0.514 bits per heavy atom. The zero-order valence-corrected chi connectivity index (χ0v) is 83.3. The van der Waals surface area contributed by atoms with E-state index in [0.29, 0.717) is 65.1 Å². The molecule has 0 aliphatic rings. The van der Waals surface area contributed by atoms with Gasteiger partial charge in [0.15, 0.2) is 6.61 Å². The molecule has 0 aromatic carbocycles. The van der Waals surface area contributed by atoms with Gasteiger partial charge in [0.1, 0.15) is 17.3 Å². The van der Waals surface area contributed by atoms with Gasteiger partial charge >= 0.3 is 47.8 Å². The number of aliphatic carboxylic acids is 2. The number of methoxy groups -OCH3 is 1. The van der Waals surface area contributed by atoms with E-state index in [9.17, 15) is 52.7 Å². The van der Waals surface area contributed by atoms with Crippen LogP contribution >= 0.6 is 0 Å². The van der Waals surface area contributed by atoms with Crippen molar-refractivity contribution in [3.8, 4) is 0 Å². The molecule has 0 amide bonds. The third kappa shape index (κ3) is 526. The second-order valence-corrected chi connectivity index (χ2v) is 15.1. The molecule has 0 saturated heterocycles. The molecule has 688 valence electrons. The quantitative estimate of drug-likeness (QED) is 0.0617. The lowest BCUT2D eigenvalue weighted by Crippen LogP contribution is -2.21. The molecular formula is C84H202O25. The number of ketones is 3. The van der Waals surface area contributed by atoms with Crippen molar-refractivity contribution in [2.24, 2.45) is 10.8 Å². The van der Waals surface area contributed by atoms with Crippen molar-refractivity contribution in [2.75, 3.05) is 74.7 Å². The molecule has 0 fully saturated rings. The topological polar surface area (TPSA) is 391 Å². The van der Waals surface area contributed by atoms with Crippen molar-refractivity contribution in [3.05, 3.63) is 0 Å². The predicted molar refractivity (Wildman–Crippen MR) is 472 cm³/mol. The maximum Gasteiger partial charge on any atom is 0.344 e. The first-order valence-corrected chi connectivity index (χ1v) is 40.3. The van der Waals surface area contributed by atoms with Gasteiger partial charge in [-0.2, -0.15) is 0 Å². The zero-order chi connectivity index (χ0) is 96.8. The fourth-order valence-electron chi connectivity index (χ4n) is 2.22. The molecule has 0 aromatic rings. The van der Waals surface area contributed by atoms with Crippen LogP contribution in [-0.2, 0) is 90.7 Å². The van der Waals surface area contributed by atoms with Gasteiger partial charge in [0.2, 0.25) is 0 Å². The fourth-order valence-corrected chi connectivity index (χ4v) is 2.22. The Bertz CT molecular complexity index is 1330. The summed E-state index contributed by atoms with van der Waals surface area (Å²) < 4.78 is 31.6. The molecule has 6 N–H and O–H groups in total. The third-order valence-corrected chi connectivity index (χ3v) is 5.80. The molecule has 25 heteroatoms. The van der Waals surface area contributed by atoms with Gasteiger partial charge in [-0.3, -0.25) is 38.4 Å². The molecule has 0 spiro atoms. The molecule has 0 atom stereocenters. The minimum atomic E-state index is -0.833. The van der Waals surface area contributed by atoms with E-state index in [2.05, 4.69) is 33.2 Å². The summed E-state index contributed by atoms with van der Waals surface area (Å²) in [6.07, 6.45) is 2.63. The molecule has 0 radical (unpaired) electrons. The van der Waals surface area contributed by atoms with Gasteiger partial charge in [0.05, 0.1) is 63.8 Å². The molecular weight excluding hydrogens is 1410 g/mol. The number of carbonyl (C=O) groups is 12. The number of esters is 7. The number of hydrogen-bond acceptors (Lipinski definition) is 23. The summed E-state index contributed by atoms with van der Waals surface area (Å²) in [5.41, 5.74) is -0.936. The lowest BCUT2D eigenvalue weighted by Gasteiger charge is -2.13. The Kier molecular flexibility index (Phi) is 471. The number of aliphatic hydroxyl groups excluding tert-OH is 4. The van der Waals surface area contributed by atoms with E-state index < -0.39 is 29.3 Å². The van der Waals surface area contributed by atoms with Crippen molar-refractivity contribution < 1.29 is 121 Å². The van der Waals surface area contributed by atoms with Gasteiger partial charge in [0, 0.05) is 73.9 Å². The highest BCUT2D eigenvalue weighted by atomic mass is 16.6. The number of rotatable bonds is 16. The molecule has 109 heavy (non-hydrogen) atoms. The van der Waals surface area contributed by atoms with Gasteiger partial charge in [0.25, 0.3) is 5.97 Å². The number of aliphatic hydroxyl groups is 4. The highest BCUT2D eigenvalue weighted by Gasteiger charge is 2.21. The van der Waals surface area contributed by atoms with Crippen LogP contribution < -0.4 is 0 Å². The van der Waals surface area contributed by atoms with Crippen LogP contribution in [-0.4, -0.2) is 176 Å². The molecule has 0 aliphatic heterocycles. The molecule has 0 saturated carbocycles. The lowest BCUT2D eigenvalue weighted by atomic mass is 9.98. The summed E-state index contributed by atoms with van der Waals surface area (Å²) in [4.78, 5) is 122. The van der Waals surface area contributed by atoms with Crippen molar-refractivity contribution >= 4 is 71.1 Å². The van der Waals surface area contributed by atoms with E-state index in [0.717, 1.165) is 28.3 Å². The number of ether oxygens (including phenoxy) is 7. The zero-order valence-electron chi connectivity index (χ0n) is 83.3. The van der Waals surface area contributed by atoms with Crippen LogP contribution in [0.5, 0.6) is 0 Å². The van der Waals surface area contributed by atoms with Crippen molar-refractivity contribution in [3.63, 3.8) is 0 Å². The standard InChI is InChI=1S/2C7H12O3.C6H10O4.C6H12O2.3C5H10O2.C4H8O.C2H4O2.C2H6O.16C2H6.3CH4O/c2*1-3-10-7(9)5-4-6(2)8;1-3-9-6(8)4-10-5(2)7;1-6(2,3)5(7)8-4;1-5(2,3)4(6)7;2*1-3-5(6)7-4-2;1-3-4(2)5;1-2(3)4;1-2-3;19*1-2/h2*3-5H2,1-2H3;3-4H2,1-2H3;1-4H3;1-3H3,(H,6,7);2*3-4H2,1-2H3;3H2,1-2H3;1H3,(H,3,4);3H,2H2,1H3;16*1-2H3;3*2H,1H3. The Balaban J connectivity index is -0.0000000232. The van der Waals surface area contributed by atoms with E-state index in [1.54, 1.807) is 83.1 Å². The summed E-state index contributed by atoms with van der Waals surface area (Å²) >= 11 is 0. The van der Waals surface area contributed by atoms with E-state index in [4.69, 9.17) is 35.4 Å². The molecule has 0 rings (SSSR count). The average Bonchev–Trinajstić information content (AvgIpc) is 0.945. The molecule has 0 unspecified atom stereocenters. The predicted octanol–water partition coefficient (Wildman–Crippen LogP) is 22.5. The number of carboxylic acids is 2. The van der Waals surface area contributed by atoms with Crippen LogP contribution in [0.15, 0.2) is 0 Å². The summed E-state index contributed by atoms with van der Waals surface area (Å²) in [6.45, 7) is 99.1. The third-order valence-electron chi connectivity index (χ3n) is 5.80. The molecule has 0 bridgehead atoms. The van der Waals surface area contributed by atoms with Gasteiger partial charge in [-0.25, -0.2) is 4.79 Å². The second-order valence-electron chi connectivity index (χ2n) is 15.1. The second kappa shape index (κ2) is 262. The van der Waals surface area contributed by atoms with E-state index >= 15 is 0 Å². The summed E-state index contributed by atoms with van der Waals surface area (Å²) in [5, 5.41) is 44.2. The number of hydrogen-bond donors (Lipinski definition) is 6. The fraction of sp³-hybridized carbons (Fsp3) is 0.857. The smallest absolute Gasteiger partial charge is 0.344 e. The van der Waals surface area contributed by atoms with Crippen LogP contribution in [0.1, 0.15) is 405 Å². The minimum Gasteiger partial charge on any atom is -0.481 e. The first-order valence-electron chi connectivity index (χ1n) is 40.3. The highest BCUT2D eigenvalue weighted by Crippen LogP contribution is 2.14. The van der Waals surface area contributed by atoms with Gasteiger partial charge in [-0.1, -0.05) is 242 Å². The maximum atomic E-state index is 10.6. The molecule has 25 nitrogen and oxygen atoms in total. The van der Waals surface area contributed by atoms with Crippen molar-refractivity contribution in [1.82, 2.24) is 0 Å². The van der Waals surface area contributed by atoms with E-state index in [1.807, 2.05) is 249 Å². The maximum absolute atomic E-state index is 10.6. The monoisotopic (exact) mass is 1610 g/mol. The minimum absolute atomic E-state index is 0.0213. The Morgan fingerprint density at radius 2 is 0.431 bits per heavy atom. The van der Waals surface area contributed by atoms with Gasteiger partial charge in [-0.15, -0.1) is 0 Å². The van der Waals surface area contributed by atoms with Crippen LogP contribution in [0, 0.1) is 10.8 Å². The van der Waals surface area contributed by atoms with Crippen LogP contribution in [0.2, 0.25) is 0 Å². The van der Waals surface area contributed by atoms with Crippen molar-refractivity contribution in [2.45, 2.75) is 405 Å². The molecule has 0 aliphatic carbocycles. The van der Waals surface area contributed by atoms with Crippen LogP contribution in [0.4, 0.5) is 0 Å². The number of carbonyl (C=O) groups excluding carboxylic acids is 10. The Labute approximate surface area is 680 Å². The molecule has 0 aromatic heterocycles. The normalized spacial score (nSPS) is 6.83. The summed E-state index contributed by atoms with van der Waals surface area (Å²) in [6, 6.07) is 0. The SMILES string of the molecule is CC.CC.CC.CC.CC.CC.CC.CC.CC.CC.CC.CC.CC.CC.CC.CC.CC(=O)O.CC(C)(C)C(=O)O.CCC(C)=O.CCO.CCOC(=O)CC.CCOC(=O)CC.CCOC(=O)CCC(C)=O.CCOC(=O)CCC(C)=O.CCOC(=O)COC(C)=O.CO.CO.CO.COC(=O)C(C)(C)C. The van der Waals surface area contributed by atoms with Gasteiger partial charge < -0.3 is 78.2 Å². The van der Waals surface area contributed by atoms with E-state index in [-0.39, 0.29) is 78.7 Å². The van der Waals surface area contributed by atoms with Crippen LogP contribution in [0.3, 0.4) is 0 Å². The van der Waals surface area contributed by atoms with Crippen LogP contribution in [0.25, 0.3) is 0 Å². The largest absolute Gasteiger partial charge is 0.481 e. The Morgan fingerprint density at radius 1 is 0.275 bits per heavy atom. The summed E-state index contributed by atoms with van der Waals surface area (Å²) in [5.74, 6) is -3.29. The summed E-state index contributed by atoms with van der Waals surface area (Å²) in [7, 11) is 4.40. The Hall–Kier alpha value is -5.92. The first kappa shape index (κ1) is 196.